The van der Waals surface area contributed by atoms with E-state index in [-0.39, 0.29) is 6.04 Å². The van der Waals surface area contributed by atoms with E-state index in [1.165, 1.54) is 30.4 Å². The quantitative estimate of drug-likeness (QED) is 0.756. The Balaban J connectivity index is 2.94. The highest BCUT2D eigenvalue weighted by molar-refractivity contribution is 6.31. The number of unbranched alkanes of at least 4 members (excludes halogenated alkanes) is 1. The Morgan fingerprint density at radius 2 is 1.78 bits per heavy atom. The highest BCUT2D eigenvalue weighted by Crippen LogP contribution is 2.32. The van der Waals surface area contributed by atoms with Crippen molar-refractivity contribution in [3.05, 3.63) is 33.8 Å². The predicted octanol–water partition coefficient (Wildman–Crippen LogP) is 5.17. The zero-order chi connectivity index (χ0) is 13.7. The van der Waals surface area contributed by atoms with Gasteiger partial charge >= 0.3 is 0 Å². The number of benzene rings is 1. The molecule has 0 bridgehead atoms. The number of aryl methyl sites for hydroxylation is 2. The van der Waals surface area contributed by atoms with Crippen molar-refractivity contribution in [3.63, 3.8) is 0 Å². The maximum Gasteiger partial charge on any atom is 0.0456 e. The first kappa shape index (κ1) is 15.5. The maximum atomic E-state index is 6.43. The lowest BCUT2D eigenvalue weighted by atomic mass is 9.86. The average Bonchev–Trinajstić information content (AvgIpc) is 2.34. The minimum Gasteiger partial charge on any atom is -0.324 e. The standard InChI is InChI=1S/C16H26ClN/c1-5-7-8-13(6-2)16(18)14-9-11(3)12(4)10-15(14)17/h9-10,13,16H,5-8,18H2,1-4H3. The summed E-state index contributed by atoms with van der Waals surface area (Å²) in [5.41, 5.74) is 10.0. The third-order valence-corrected chi connectivity index (χ3v) is 4.26. The third kappa shape index (κ3) is 3.73. The van der Waals surface area contributed by atoms with Gasteiger partial charge in [-0.05, 0) is 48.9 Å². The second kappa shape index (κ2) is 7.16. The van der Waals surface area contributed by atoms with Crippen molar-refractivity contribution in [3.8, 4) is 0 Å². The van der Waals surface area contributed by atoms with Crippen LogP contribution in [0.25, 0.3) is 0 Å². The summed E-state index contributed by atoms with van der Waals surface area (Å²) in [5, 5.41) is 0.820. The molecule has 0 aliphatic rings. The number of nitrogens with two attached hydrogens (primary N) is 1. The Morgan fingerprint density at radius 3 is 2.33 bits per heavy atom. The van der Waals surface area contributed by atoms with E-state index in [4.69, 9.17) is 17.3 Å². The zero-order valence-corrected chi connectivity index (χ0v) is 12.8. The van der Waals surface area contributed by atoms with Crippen LogP contribution in [0.4, 0.5) is 0 Å². The van der Waals surface area contributed by atoms with Crippen molar-refractivity contribution in [2.75, 3.05) is 0 Å². The third-order valence-electron chi connectivity index (χ3n) is 3.93. The molecule has 0 amide bonds. The molecule has 1 aromatic carbocycles. The van der Waals surface area contributed by atoms with Crippen LogP contribution in [0.1, 0.15) is 62.3 Å². The van der Waals surface area contributed by atoms with Gasteiger partial charge in [0.2, 0.25) is 0 Å². The predicted molar refractivity (Wildman–Crippen MR) is 81.2 cm³/mol. The molecule has 0 fully saturated rings. The molecule has 2 atom stereocenters. The second-order valence-electron chi connectivity index (χ2n) is 5.29. The SMILES string of the molecule is CCCCC(CC)C(N)c1cc(C)c(C)cc1Cl. The molecule has 0 heterocycles. The molecule has 0 spiro atoms. The van der Waals surface area contributed by atoms with Crippen molar-refractivity contribution >= 4 is 11.6 Å². The van der Waals surface area contributed by atoms with Crippen LogP contribution >= 0.6 is 11.6 Å². The number of rotatable bonds is 6. The summed E-state index contributed by atoms with van der Waals surface area (Å²) in [5.74, 6) is 0.532. The minimum absolute atomic E-state index is 0.0633. The molecule has 0 radical (unpaired) electrons. The van der Waals surface area contributed by atoms with E-state index in [9.17, 15) is 0 Å². The average molecular weight is 268 g/mol. The molecule has 1 rings (SSSR count). The Morgan fingerprint density at radius 1 is 1.17 bits per heavy atom. The van der Waals surface area contributed by atoms with Gasteiger partial charge in [0, 0.05) is 11.1 Å². The first-order valence-electron chi connectivity index (χ1n) is 7.03. The van der Waals surface area contributed by atoms with Gasteiger partial charge < -0.3 is 5.73 Å². The molecule has 1 aromatic rings. The molecule has 0 saturated carbocycles. The van der Waals surface area contributed by atoms with E-state index in [1.807, 2.05) is 6.07 Å². The summed E-state index contributed by atoms with van der Waals surface area (Å²) in [6, 6.07) is 4.27. The van der Waals surface area contributed by atoms with Gasteiger partial charge in [-0.1, -0.05) is 50.8 Å². The van der Waals surface area contributed by atoms with E-state index in [0.29, 0.717) is 5.92 Å². The number of halogens is 1. The molecule has 0 aliphatic heterocycles. The van der Waals surface area contributed by atoms with E-state index in [0.717, 1.165) is 17.0 Å². The van der Waals surface area contributed by atoms with E-state index in [1.54, 1.807) is 0 Å². The summed E-state index contributed by atoms with van der Waals surface area (Å²) in [6.45, 7) is 8.65. The molecular weight excluding hydrogens is 242 g/mol. The molecule has 2 heteroatoms. The molecule has 18 heavy (non-hydrogen) atoms. The van der Waals surface area contributed by atoms with Gasteiger partial charge in [-0.3, -0.25) is 0 Å². The number of hydrogen-bond acceptors (Lipinski definition) is 1. The first-order chi connectivity index (χ1) is 8.51. The van der Waals surface area contributed by atoms with Crippen LogP contribution in [0, 0.1) is 19.8 Å². The Hall–Kier alpha value is -0.530. The fourth-order valence-corrected chi connectivity index (χ4v) is 2.76. The van der Waals surface area contributed by atoms with Crippen LogP contribution in [0.3, 0.4) is 0 Å². The van der Waals surface area contributed by atoms with Crippen molar-refractivity contribution in [1.29, 1.82) is 0 Å². The molecule has 0 aromatic heterocycles. The van der Waals surface area contributed by atoms with Crippen LogP contribution in [0.15, 0.2) is 12.1 Å². The molecule has 1 nitrogen and oxygen atoms in total. The molecule has 102 valence electrons. The molecular formula is C16H26ClN. The zero-order valence-electron chi connectivity index (χ0n) is 12.1. The van der Waals surface area contributed by atoms with Gasteiger partial charge in [0.15, 0.2) is 0 Å². The molecule has 2 N–H and O–H groups in total. The second-order valence-corrected chi connectivity index (χ2v) is 5.70. The normalized spacial score (nSPS) is 14.6. The van der Waals surface area contributed by atoms with Crippen molar-refractivity contribution < 1.29 is 0 Å². The smallest absolute Gasteiger partial charge is 0.0456 e. The van der Waals surface area contributed by atoms with E-state index < -0.39 is 0 Å². The number of hydrogen-bond donors (Lipinski definition) is 1. The van der Waals surface area contributed by atoms with Gasteiger partial charge in [-0.2, -0.15) is 0 Å². The fraction of sp³-hybridized carbons (Fsp3) is 0.625. The van der Waals surface area contributed by atoms with Gasteiger partial charge in [-0.15, -0.1) is 0 Å². The summed E-state index contributed by atoms with van der Waals surface area (Å²) < 4.78 is 0. The van der Waals surface area contributed by atoms with Gasteiger partial charge in [0.1, 0.15) is 0 Å². The maximum absolute atomic E-state index is 6.43. The molecule has 0 saturated heterocycles. The van der Waals surface area contributed by atoms with E-state index in [2.05, 4.69) is 33.8 Å². The van der Waals surface area contributed by atoms with Crippen molar-refractivity contribution in [2.45, 2.75) is 59.4 Å². The lowest BCUT2D eigenvalue weighted by Crippen LogP contribution is -2.21. The highest BCUT2D eigenvalue weighted by atomic mass is 35.5. The van der Waals surface area contributed by atoms with Crippen molar-refractivity contribution in [2.24, 2.45) is 11.7 Å². The van der Waals surface area contributed by atoms with Crippen LogP contribution in [0.2, 0.25) is 5.02 Å². The Labute approximate surface area is 117 Å². The lowest BCUT2D eigenvalue weighted by Gasteiger charge is -2.24. The van der Waals surface area contributed by atoms with Crippen LogP contribution in [-0.2, 0) is 0 Å². The van der Waals surface area contributed by atoms with Crippen LogP contribution in [0.5, 0.6) is 0 Å². The minimum atomic E-state index is 0.0633. The Bertz CT molecular complexity index is 387. The first-order valence-corrected chi connectivity index (χ1v) is 7.41. The Kier molecular flexibility index (Phi) is 6.17. The van der Waals surface area contributed by atoms with Crippen molar-refractivity contribution in [1.82, 2.24) is 0 Å². The largest absolute Gasteiger partial charge is 0.324 e. The van der Waals surface area contributed by atoms with Gasteiger partial charge in [0.05, 0.1) is 0 Å². The summed E-state index contributed by atoms with van der Waals surface area (Å²) in [7, 11) is 0. The van der Waals surface area contributed by atoms with Crippen LogP contribution < -0.4 is 5.73 Å². The molecule has 0 aliphatic carbocycles. The monoisotopic (exact) mass is 267 g/mol. The lowest BCUT2D eigenvalue weighted by molar-refractivity contribution is 0.378. The highest BCUT2D eigenvalue weighted by Gasteiger charge is 2.20. The van der Waals surface area contributed by atoms with Gasteiger partial charge in [0.25, 0.3) is 0 Å². The van der Waals surface area contributed by atoms with Gasteiger partial charge in [-0.25, -0.2) is 0 Å². The fourth-order valence-electron chi connectivity index (χ4n) is 2.42. The van der Waals surface area contributed by atoms with Crippen LogP contribution in [-0.4, -0.2) is 0 Å². The summed E-state index contributed by atoms with van der Waals surface area (Å²) in [4.78, 5) is 0. The topological polar surface area (TPSA) is 26.0 Å². The summed E-state index contributed by atoms with van der Waals surface area (Å²) >= 11 is 6.35. The van der Waals surface area contributed by atoms with E-state index >= 15 is 0 Å². The summed E-state index contributed by atoms with van der Waals surface area (Å²) in [6.07, 6.45) is 4.78. The molecule has 2 unspecified atom stereocenters.